The third-order valence-corrected chi connectivity index (χ3v) is 6.29. The van der Waals surface area contributed by atoms with Crippen molar-refractivity contribution in [3.63, 3.8) is 0 Å². The number of amides is 3. The number of carbonyl (C=O) groups excluding carboxylic acids is 2. The van der Waals surface area contributed by atoms with E-state index in [1.165, 1.54) is 16.9 Å². The summed E-state index contributed by atoms with van der Waals surface area (Å²) in [6.07, 6.45) is 1.64. The van der Waals surface area contributed by atoms with E-state index < -0.39 is 12.1 Å². The number of urea groups is 1. The summed E-state index contributed by atoms with van der Waals surface area (Å²) < 4.78 is 0. The van der Waals surface area contributed by atoms with E-state index >= 15 is 0 Å². The van der Waals surface area contributed by atoms with Crippen molar-refractivity contribution in [3.05, 3.63) is 59.1 Å². The Bertz CT molecular complexity index is 1050. The lowest BCUT2D eigenvalue weighted by Gasteiger charge is -2.23. The van der Waals surface area contributed by atoms with Crippen LogP contribution in [-0.4, -0.2) is 28.2 Å². The van der Waals surface area contributed by atoms with E-state index in [1.807, 2.05) is 50.2 Å². The minimum atomic E-state index is -0.724. The summed E-state index contributed by atoms with van der Waals surface area (Å²) in [5.74, 6) is -0.415. The van der Waals surface area contributed by atoms with Crippen LogP contribution in [0.15, 0.2) is 48.5 Å². The number of nitrogens with zero attached hydrogens (tertiary/aromatic N) is 2. The average Bonchev–Trinajstić information content (AvgIpc) is 3.26. The molecule has 2 atom stereocenters. The van der Waals surface area contributed by atoms with Crippen molar-refractivity contribution >= 4 is 45.7 Å². The second kappa shape index (κ2) is 11.1. The maximum Gasteiger partial charge on any atom is 0.319 e. The fourth-order valence-corrected chi connectivity index (χ4v) is 3.88. The highest BCUT2D eigenvalue weighted by atomic mass is 35.5. The zero-order chi connectivity index (χ0) is 23.1. The third-order valence-electron chi connectivity index (χ3n) is 5.15. The van der Waals surface area contributed by atoms with E-state index in [0.717, 1.165) is 18.4 Å². The number of nitrogens with one attached hydrogen (secondary N) is 3. The van der Waals surface area contributed by atoms with Crippen LogP contribution in [0.1, 0.15) is 32.8 Å². The van der Waals surface area contributed by atoms with Gasteiger partial charge in [-0.3, -0.25) is 10.1 Å². The molecule has 1 aromatic heterocycles. The van der Waals surface area contributed by atoms with E-state index in [0.29, 0.717) is 20.8 Å². The van der Waals surface area contributed by atoms with Crippen LogP contribution in [0.25, 0.3) is 10.6 Å². The van der Waals surface area contributed by atoms with Crippen molar-refractivity contribution < 1.29 is 9.59 Å². The van der Waals surface area contributed by atoms with Crippen molar-refractivity contribution in [1.29, 1.82) is 0 Å². The van der Waals surface area contributed by atoms with Gasteiger partial charge in [-0.25, -0.2) is 4.79 Å². The van der Waals surface area contributed by atoms with Crippen LogP contribution >= 0.6 is 22.9 Å². The Balaban J connectivity index is 1.65. The molecule has 0 aliphatic carbocycles. The molecule has 2 aromatic carbocycles. The zero-order valence-electron chi connectivity index (χ0n) is 18.2. The number of aromatic nitrogens is 2. The predicted octanol–water partition coefficient (Wildman–Crippen LogP) is 5.60. The molecule has 0 saturated carbocycles. The molecule has 0 unspecified atom stereocenters. The molecule has 168 valence electrons. The number of hydrogen-bond donors (Lipinski definition) is 3. The fraction of sp³-hybridized carbons (Fsp3) is 0.304. The number of carbonyl (C=O) groups is 2. The standard InChI is InChI=1S/C23H26ClN5O2S/c1-4-14(3)19(26-22(31)25-18-12-6-15(5-2)7-13-18)20(30)27-23-29-28-21(32-23)16-8-10-17(24)11-9-16/h6-14,19H,4-5H2,1-3H3,(H2,25,26,31)(H,27,29,30)/t14-,19+/m0/s1. The molecule has 3 aromatic rings. The summed E-state index contributed by atoms with van der Waals surface area (Å²) in [5.41, 5.74) is 2.71. The number of benzene rings is 2. The first kappa shape index (κ1) is 23.7. The summed E-state index contributed by atoms with van der Waals surface area (Å²) in [4.78, 5) is 25.5. The topological polar surface area (TPSA) is 96.0 Å². The van der Waals surface area contributed by atoms with Gasteiger partial charge in [-0.15, -0.1) is 10.2 Å². The molecule has 7 nitrogen and oxygen atoms in total. The van der Waals surface area contributed by atoms with Crippen LogP contribution in [0.3, 0.4) is 0 Å². The minimum absolute atomic E-state index is 0.0770. The lowest BCUT2D eigenvalue weighted by molar-refractivity contribution is -0.119. The number of aryl methyl sites for hydroxylation is 1. The number of rotatable bonds is 8. The van der Waals surface area contributed by atoms with Crippen molar-refractivity contribution in [2.45, 2.75) is 39.7 Å². The molecule has 0 aliphatic heterocycles. The number of halogens is 1. The zero-order valence-corrected chi connectivity index (χ0v) is 19.8. The molecular formula is C23H26ClN5O2S. The van der Waals surface area contributed by atoms with Gasteiger partial charge in [0.25, 0.3) is 0 Å². The maximum atomic E-state index is 12.9. The summed E-state index contributed by atoms with van der Waals surface area (Å²) >= 11 is 7.18. The van der Waals surface area contributed by atoms with Crippen LogP contribution in [0.2, 0.25) is 5.02 Å². The molecule has 0 fully saturated rings. The molecule has 9 heteroatoms. The second-order valence-electron chi connectivity index (χ2n) is 7.42. The predicted molar refractivity (Wildman–Crippen MR) is 130 cm³/mol. The number of hydrogen-bond acceptors (Lipinski definition) is 5. The van der Waals surface area contributed by atoms with Crippen LogP contribution in [0.5, 0.6) is 0 Å². The highest BCUT2D eigenvalue weighted by molar-refractivity contribution is 7.18. The second-order valence-corrected chi connectivity index (χ2v) is 8.83. The van der Waals surface area contributed by atoms with Crippen LogP contribution in [-0.2, 0) is 11.2 Å². The normalized spacial score (nSPS) is 12.6. The first-order valence-corrected chi connectivity index (χ1v) is 11.7. The number of anilines is 2. The van der Waals surface area contributed by atoms with E-state index in [9.17, 15) is 9.59 Å². The first-order chi connectivity index (χ1) is 15.4. The Morgan fingerprint density at radius 3 is 2.31 bits per heavy atom. The Labute approximate surface area is 196 Å². The Hall–Kier alpha value is -2.97. The van der Waals surface area contributed by atoms with Gasteiger partial charge in [-0.05, 0) is 42.2 Å². The van der Waals surface area contributed by atoms with Gasteiger partial charge in [0.1, 0.15) is 11.0 Å². The van der Waals surface area contributed by atoms with E-state index in [4.69, 9.17) is 11.6 Å². The van der Waals surface area contributed by atoms with Gasteiger partial charge < -0.3 is 10.6 Å². The molecule has 0 aliphatic rings. The quantitative estimate of drug-likeness (QED) is 0.398. The molecule has 0 radical (unpaired) electrons. The van der Waals surface area contributed by atoms with Crippen molar-refractivity contribution in [2.24, 2.45) is 5.92 Å². The monoisotopic (exact) mass is 471 g/mol. The van der Waals surface area contributed by atoms with Gasteiger partial charge >= 0.3 is 6.03 Å². The fourth-order valence-electron chi connectivity index (χ4n) is 3.00. The highest BCUT2D eigenvalue weighted by Crippen LogP contribution is 2.27. The van der Waals surface area contributed by atoms with Crippen molar-refractivity contribution in [2.75, 3.05) is 10.6 Å². The third kappa shape index (κ3) is 6.27. The van der Waals surface area contributed by atoms with E-state index in [-0.39, 0.29) is 11.8 Å². The highest BCUT2D eigenvalue weighted by Gasteiger charge is 2.27. The van der Waals surface area contributed by atoms with Gasteiger partial charge in [0, 0.05) is 16.3 Å². The van der Waals surface area contributed by atoms with Gasteiger partial charge in [-0.1, -0.05) is 74.4 Å². The summed E-state index contributed by atoms with van der Waals surface area (Å²) in [5, 5.41) is 18.2. The molecule has 1 heterocycles. The summed E-state index contributed by atoms with van der Waals surface area (Å²) in [7, 11) is 0. The molecule has 32 heavy (non-hydrogen) atoms. The summed E-state index contributed by atoms with van der Waals surface area (Å²) in [6.45, 7) is 5.96. The molecule has 3 N–H and O–H groups in total. The molecule has 0 bridgehead atoms. The molecular weight excluding hydrogens is 446 g/mol. The molecule has 0 spiro atoms. The Morgan fingerprint density at radius 2 is 1.69 bits per heavy atom. The van der Waals surface area contributed by atoms with Crippen molar-refractivity contribution in [1.82, 2.24) is 15.5 Å². The SMILES string of the molecule is CCc1ccc(NC(=O)N[C@@H](C(=O)Nc2nnc(-c3ccc(Cl)cc3)s2)[C@@H](C)CC)cc1. The van der Waals surface area contributed by atoms with E-state index in [2.05, 4.69) is 33.1 Å². The van der Waals surface area contributed by atoms with E-state index in [1.54, 1.807) is 12.1 Å². The smallest absolute Gasteiger partial charge is 0.319 e. The average molecular weight is 472 g/mol. The van der Waals surface area contributed by atoms with Crippen LogP contribution < -0.4 is 16.0 Å². The summed E-state index contributed by atoms with van der Waals surface area (Å²) in [6, 6.07) is 13.7. The van der Waals surface area contributed by atoms with Gasteiger partial charge in [-0.2, -0.15) is 0 Å². The molecule has 3 amide bonds. The molecule has 3 rings (SSSR count). The van der Waals surface area contributed by atoms with Gasteiger partial charge in [0.15, 0.2) is 0 Å². The van der Waals surface area contributed by atoms with Crippen LogP contribution in [0.4, 0.5) is 15.6 Å². The Kier molecular flexibility index (Phi) is 8.19. The lowest BCUT2D eigenvalue weighted by atomic mass is 9.98. The van der Waals surface area contributed by atoms with Gasteiger partial charge in [0.2, 0.25) is 11.0 Å². The van der Waals surface area contributed by atoms with Crippen LogP contribution in [0, 0.1) is 5.92 Å². The lowest BCUT2D eigenvalue weighted by Crippen LogP contribution is -2.49. The Morgan fingerprint density at radius 1 is 1.00 bits per heavy atom. The largest absolute Gasteiger partial charge is 0.326 e. The molecule has 0 saturated heterocycles. The van der Waals surface area contributed by atoms with Crippen molar-refractivity contribution in [3.8, 4) is 10.6 Å². The van der Waals surface area contributed by atoms with Gasteiger partial charge in [0.05, 0.1) is 0 Å². The maximum absolute atomic E-state index is 12.9. The minimum Gasteiger partial charge on any atom is -0.326 e. The first-order valence-electron chi connectivity index (χ1n) is 10.5.